The van der Waals surface area contributed by atoms with Crippen molar-refractivity contribution in [2.24, 2.45) is 4.99 Å². The molecule has 2 aromatic rings. The van der Waals surface area contributed by atoms with Crippen molar-refractivity contribution in [2.45, 2.75) is 18.6 Å². The lowest BCUT2D eigenvalue weighted by molar-refractivity contribution is -0.192. The topological polar surface area (TPSA) is 114 Å². The van der Waals surface area contributed by atoms with E-state index < -0.39 is 12.1 Å². The van der Waals surface area contributed by atoms with Gasteiger partial charge in [-0.2, -0.15) is 18.4 Å². The summed E-state index contributed by atoms with van der Waals surface area (Å²) in [6, 6.07) is 14.0. The van der Waals surface area contributed by atoms with E-state index in [2.05, 4.69) is 32.2 Å². The number of halogens is 3. The molecule has 0 spiro atoms. The monoisotopic (exact) mass is 500 g/mol. The zero-order valence-corrected chi connectivity index (χ0v) is 19.1. The van der Waals surface area contributed by atoms with Crippen molar-refractivity contribution in [3.8, 4) is 6.07 Å². The van der Waals surface area contributed by atoms with Crippen LogP contribution in [0.2, 0.25) is 0 Å². The summed E-state index contributed by atoms with van der Waals surface area (Å²) in [5.41, 5.74) is 4.09. The maximum absolute atomic E-state index is 10.6. The van der Waals surface area contributed by atoms with Crippen LogP contribution >= 0.6 is 0 Å². The minimum atomic E-state index is -5.08. The summed E-state index contributed by atoms with van der Waals surface area (Å²) < 4.78 is 37.3. The summed E-state index contributed by atoms with van der Waals surface area (Å²) in [6.07, 6.45) is -0.519. The molecule has 3 aliphatic heterocycles. The van der Waals surface area contributed by atoms with E-state index in [0.29, 0.717) is 18.8 Å². The maximum Gasteiger partial charge on any atom is 0.490 e. The molecule has 1 saturated heterocycles. The van der Waals surface area contributed by atoms with Crippen LogP contribution in [0.5, 0.6) is 0 Å². The Labute approximate surface area is 205 Å². The molecule has 12 heteroatoms. The Hall–Kier alpha value is -4.11. The molecular weight excluding hydrogens is 477 g/mol. The van der Waals surface area contributed by atoms with Crippen molar-refractivity contribution in [3.63, 3.8) is 0 Å². The molecule has 9 nitrogen and oxygen atoms in total. The van der Waals surface area contributed by atoms with E-state index in [-0.39, 0.29) is 6.04 Å². The fourth-order valence-corrected chi connectivity index (χ4v) is 4.16. The zero-order valence-electron chi connectivity index (χ0n) is 19.1. The molecule has 0 saturated carbocycles. The molecule has 1 aromatic heterocycles. The smallest absolute Gasteiger partial charge is 0.475 e. The number of aromatic nitrogens is 1. The number of hydrogen-bond acceptors (Lipinski definition) is 8. The molecule has 3 aliphatic rings. The molecule has 1 unspecified atom stereocenters. The van der Waals surface area contributed by atoms with Gasteiger partial charge >= 0.3 is 12.1 Å². The predicted octanol–water partition coefficient (Wildman–Crippen LogP) is 3.04. The molecule has 188 valence electrons. The van der Waals surface area contributed by atoms with E-state index in [1.165, 1.54) is 5.57 Å². The fourth-order valence-electron chi connectivity index (χ4n) is 4.16. The Morgan fingerprint density at radius 2 is 1.86 bits per heavy atom. The Bertz CT molecular complexity index is 1200. The van der Waals surface area contributed by atoms with E-state index in [9.17, 15) is 18.4 Å². The largest absolute Gasteiger partial charge is 0.490 e. The highest BCUT2D eigenvalue weighted by atomic mass is 19.4. The summed E-state index contributed by atoms with van der Waals surface area (Å²) in [4.78, 5) is 22.7. The third-order valence-corrected chi connectivity index (χ3v) is 5.85. The van der Waals surface area contributed by atoms with Crippen molar-refractivity contribution in [1.82, 2.24) is 15.2 Å². The maximum atomic E-state index is 10.6. The molecule has 4 heterocycles. The van der Waals surface area contributed by atoms with E-state index in [1.807, 2.05) is 42.7 Å². The average molecular weight is 500 g/mol. The standard InChI is InChI=1S/C22H22N6O.C2HF3O2/c23-15-16-2-1-3-17(14-16)20-19-6-9-28(18-4-7-24-8-5-18)21(19)26-22(25-20)27-10-12-29-13-11-27;3-2(4,5)1(6)7/h1-5,7-8,14,20H,6,9-13H2,(H,25,26);(H,6,7). The van der Waals surface area contributed by atoms with Gasteiger partial charge in [0.25, 0.3) is 0 Å². The van der Waals surface area contributed by atoms with Gasteiger partial charge in [0.05, 0.1) is 24.8 Å². The van der Waals surface area contributed by atoms with E-state index in [4.69, 9.17) is 19.6 Å². The van der Waals surface area contributed by atoms with E-state index in [1.54, 1.807) is 0 Å². The van der Waals surface area contributed by atoms with Crippen LogP contribution in [0.4, 0.5) is 18.9 Å². The van der Waals surface area contributed by atoms with Crippen LogP contribution in [-0.2, 0) is 9.53 Å². The number of rotatable bonds is 2. The number of carboxylic acids is 1. The van der Waals surface area contributed by atoms with Gasteiger partial charge in [-0.1, -0.05) is 12.1 Å². The molecule has 0 bridgehead atoms. The van der Waals surface area contributed by atoms with Gasteiger partial charge in [0.15, 0.2) is 0 Å². The molecule has 1 fully saturated rings. The first-order valence-electron chi connectivity index (χ1n) is 11.2. The summed E-state index contributed by atoms with van der Waals surface area (Å²) in [5, 5.41) is 20.1. The predicted molar refractivity (Wildman–Crippen MR) is 124 cm³/mol. The summed E-state index contributed by atoms with van der Waals surface area (Å²) in [5.74, 6) is -0.784. The molecule has 0 aliphatic carbocycles. The van der Waals surface area contributed by atoms with Crippen molar-refractivity contribution in [2.75, 3.05) is 37.7 Å². The number of carboxylic acid groups (broad SMARTS) is 1. The summed E-state index contributed by atoms with van der Waals surface area (Å²) in [7, 11) is 0. The van der Waals surface area contributed by atoms with Gasteiger partial charge in [-0.15, -0.1) is 0 Å². The number of hydrogen-bond donors (Lipinski definition) is 2. The number of aliphatic imine (C=N–C) groups is 1. The number of pyridine rings is 1. The van der Waals surface area contributed by atoms with Crippen LogP contribution in [-0.4, -0.2) is 65.9 Å². The number of morpholine rings is 1. The second-order valence-electron chi connectivity index (χ2n) is 8.10. The van der Waals surface area contributed by atoms with Crippen molar-refractivity contribution >= 4 is 17.6 Å². The number of nitrogens with zero attached hydrogens (tertiary/aromatic N) is 5. The number of nitrogens with one attached hydrogen (secondary N) is 1. The zero-order chi connectivity index (χ0) is 25.7. The lowest BCUT2D eigenvalue weighted by Crippen LogP contribution is -2.50. The molecular formula is C24H23F3N6O3. The minimum Gasteiger partial charge on any atom is -0.475 e. The molecule has 36 heavy (non-hydrogen) atoms. The van der Waals surface area contributed by atoms with Crippen LogP contribution in [0.15, 0.2) is 65.2 Å². The number of aliphatic carboxylic acids is 1. The van der Waals surface area contributed by atoms with Crippen molar-refractivity contribution < 1.29 is 27.8 Å². The number of nitriles is 1. The number of benzene rings is 1. The number of carbonyl (C=O) groups is 1. The van der Waals surface area contributed by atoms with Crippen molar-refractivity contribution in [3.05, 3.63) is 71.3 Å². The van der Waals surface area contributed by atoms with Crippen molar-refractivity contribution in [1.29, 1.82) is 5.26 Å². The van der Waals surface area contributed by atoms with Gasteiger partial charge in [0.1, 0.15) is 11.9 Å². The van der Waals surface area contributed by atoms with Crippen LogP contribution in [0.3, 0.4) is 0 Å². The summed E-state index contributed by atoms with van der Waals surface area (Å²) in [6.45, 7) is 3.93. The first-order valence-corrected chi connectivity index (χ1v) is 11.2. The lowest BCUT2D eigenvalue weighted by atomic mass is 9.96. The number of guanidine groups is 1. The van der Waals surface area contributed by atoms with E-state index in [0.717, 1.165) is 49.1 Å². The fraction of sp³-hybridized carbons (Fsp3) is 0.333. The highest BCUT2D eigenvalue weighted by Crippen LogP contribution is 2.39. The third kappa shape index (κ3) is 5.58. The molecule has 0 radical (unpaired) electrons. The van der Waals surface area contributed by atoms with Gasteiger partial charge in [0.2, 0.25) is 5.96 Å². The van der Waals surface area contributed by atoms with Gasteiger partial charge < -0.3 is 25.0 Å². The minimum absolute atomic E-state index is 0.0933. The Balaban J connectivity index is 0.000000384. The van der Waals surface area contributed by atoms with Crippen LogP contribution in [0.1, 0.15) is 23.6 Å². The average Bonchev–Trinajstić information content (AvgIpc) is 3.33. The number of anilines is 1. The molecule has 2 N–H and O–H groups in total. The quantitative estimate of drug-likeness (QED) is 0.647. The second-order valence-corrected chi connectivity index (χ2v) is 8.10. The van der Waals surface area contributed by atoms with Gasteiger partial charge in [-0.05, 0) is 36.2 Å². The molecule has 5 rings (SSSR count). The highest BCUT2D eigenvalue weighted by molar-refractivity contribution is 5.85. The Kier molecular flexibility index (Phi) is 7.40. The van der Waals surface area contributed by atoms with Crippen LogP contribution < -0.4 is 10.2 Å². The van der Waals surface area contributed by atoms with E-state index >= 15 is 0 Å². The summed E-state index contributed by atoms with van der Waals surface area (Å²) >= 11 is 0. The van der Waals surface area contributed by atoms with Crippen LogP contribution in [0, 0.1) is 11.3 Å². The molecule has 1 atom stereocenters. The lowest BCUT2D eigenvalue weighted by Gasteiger charge is -2.36. The number of alkyl halides is 3. The van der Waals surface area contributed by atoms with Crippen LogP contribution in [0.25, 0.3) is 0 Å². The Morgan fingerprint density at radius 1 is 1.17 bits per heavy atom. The second kappa shape index (κ2) is 10.7. The first-order chi connectivity index (χ1) is 17.3. The normalized spacial score (nSPS) is 19.4. The molecule has 1 aromatic carbocycles. The van der Waals surface area contributed by atoms with Gasteiger partial charge in [0, 0.05) is 43.3 Å². The number of ether oxygens (including phenoxy) is 1. The SMILES string of the molecule is N#Cc1cccc(C2N=C(N3CCOCC3)NC3=C2CCN3c2ccncc2)c1.O=C(O)C(F)(F)F. The molecule has 0 amide bonds. The third-order valence-electron chi connectivity index (χ3n) is 5.85. The Morgan fingerprint density at radius 3 is 2.50 bits per heavy atom. The van der Waals surface area contributed by atoms with Gasteiger partial charge in [-0.3, -0.25) is 4.98 Å². The van der Waals surface area contributed by atoms with Gasteiger partial charge in [-0.25, -0.2) is 9.79 Å². The highest BCUT2D eigenvalue weighted by Gasteiger charge is 2.38. The first kappa shape index (κ1) is 25.0.